The molecule has 0 fully saturated rings. The highest BCUT2D eigenvalue weighted by Gasteiger charge is 2.13. The topological polar surface area (TPSA) is 29.5 Å². The fourth-order valence-corrected chi connectivity index (χ4v) is 2.08. The Morgan fingerprint density at radius 2 is 2.00 bits per heavy atom. The molecule has 1 unspecified atom stereocenters. The van der Waals surface area contributed by atoms with Crippen LogP contribution in [0.3, 0.4) is 0 Å². The normalized spacial score (nSPS) is 12.2. The Hall–Kier alpha value is -1.58. The Morgan fingerprint density at radius 3 is 2.74 bits per heavy atom. The van der Waals surface area contributed by atoms with E-state index in [0.29, 0.717) is 16.9 Å². The van der Waals surface area contributed by atoms with Gasteiger partial charge in [-0.15, -0.1) is 0 Å². The summed E-state index contributed by atoms with van der Waals surface area (Å²) in [5.41, 5.74) is 1.07. The SMILES string of the molecule is COc1cccc(C(O)Cc2cccc(Cl)c2F)c1. The van der Waals surface area contributed by atoms with Crippen molar-refractivity contribution in [1.29, 1.82) is 0 Å². The van der Waals surface area contributed by atoms with Crippen LogP contribution in [0.1, 0.15) is 17.2 Å². The second-order valence-corrected chi connectivity index (χ2v) is 4.62. The van der Waals surface area contributed by atoms with Crippen molar-refractivity contribution in [3.05, 3.63) is 64.4 Å². The smallest absolute Gasteiger partial charge is 0.145 e. The molecule has 0 spiro atoms. The zero-order valence-corrected chi connectivity index (χ0v) is 11.2. The summed E-state index contributed by atoms with van der Waals surface area (Å²) in [6, 6.07) is 11.8. The summed E-state index contributed by atoms with van der Waals surface area (Å²) in [4.78, 5) is 0. The van der Waals surface area contributed by atoms with Crippen molar-refractivity contribution >= 4 is 11.6 Å². The Morgan fingerprint density at radius 1 is 1.26 bits per heavy atom. The van der Waals surface area contributed by atoms with Gasteiger partial charge in [-0.3, -0.25) is 0 Å². The van der Waals surface area contributed by atoms with Gasteiger partial charge in [0.05, 0.1) is 18.2 Å². The number of methoxy groups -OCH3 is 1. The third-order valence-corrected chi connectivity index (χ3v) is 3.22. The van der Waals surface area contributed by atoms with E-state index in [4.69, 9.17) is 16.3 Å². The van der Waals surface area contributed by atoms with Gasteiger partial charge in [0, 0.05) is 6.42 Å². The van der Waals surface area contributed by atoms with Gasteiger partial charge < -0.3 is 9.84 Å². The van der Waals surface area contributed by atoms with Crippen molar-refractivity contribution < 1.29 is 14.2 Å². The summed E-state index contributed by atoms with van der Waals surface area (Å²) in [5, 5.41) is 10.2. The predicted molar refractivity (Wildman–Crippen MR) is 73.1 cm³/mol. The van der Waals surface area contributed by atoms with Gasteiger partial charge in [0.15, 0.2) is 0 Å². The highest BCUT2D eigenvalue weighted by Crippen LogP contribution is 2.25. The minimum absolute atomic E-state index is 0.0651. The zero-order valence-electron chi connectivity index (χ0n) is 10.4. The molecule has 0 aliphatic rings. The summed E-state index contributed by atoms with van der Waals surface area (Å²) in [6.45, 7) is 0. The van der Waals surface area contributed by atoms with Crippen molar-refractivity contribution in [2.75, 3.05) is 7.11 Å². The van der Waals surface area contributed by atoms with Crippen LogP contribution in [0.25, 0.3) is 0 Å². The van der Waals surface area contributed by atoms with Gasteiger partial charge in [-0.05, 0) is 29.3 Å². The van der Waals surface area contributed by atoms with Crippen molar-refractivity contribution in [1.82, 2.24) is 0 Å². The fraction of sp³-hybridized carbons (Fsp3) is 0.200. The van der Waals surface area contributed by atoms with Gasteiger partial charge >= 0.3 is 0 Å². The van der Waals surface area contributed by atoms with Crippen LogP contribution in [-0.2, 0) is 6.42 Å². The molecule has 0 heterocycles. The van der Waals surface area contributed by atoms with Crippen LogP contribution < -0.4 is 4.74 Å². The van der Waals surface area contributed by atoms with E-state index in [1.165, 1.54) is 6.07 Å². The van der Waals surface area contributed by atoms with E-state index >= 15 is 0 Å². The molecule has 0 aliphatic carbocycles. The second-order valence-electron chi connectivity index (χ2n) is 4.21. The summed E-state index contributed by atoms with van der Waals surface area (Å²) in [7, 11) is 1.56. The lowest BCUT2D eigenvalue weighted by atomic mass is 10.0. The molecule has 1 atom stereocenters. The standard InChI is InChI=1S/C15H14ClFO2/c1-19-12-6-2-4-10(8-12)14(18)9-11-5-3-7-13(16)15(11)17/h2-8,14,18H,9H2,1H3. The molecule has 0 amide bonds. The van der Waals surface area contributed by atoms with E-state index in [1.807, 2.05) is 0 Å². The lowest BCUT2D eigenvalue weighted by Gasteiger charge is -2.13. The maximum atomic E-state index is 13.8. The first-order chi connectivity index (χ1) is 9.11. The minimum Gasteiger partial charge on any atom is -0.497 e. The Bertz CT molecular complexity index is 572. The third kappa shape index (κ3) is 3.25. The molecular formula is C15H14ClFO2. The van der Waals surface area contributed by atoms with Gasteiger partial charge in [0.25, 0.3) is 0 Å². The molecule has 0 saturated heterocycles. The van der Waals surface area contributed by atoms with Gasteiger partial charge in [0.2, 0.25) is 0 Å². The number of ether oxygens (including phenoxy) is 1. The molecule has 0 aliphatic heterocycles. The number of halogens is 2. The third-order valence-electron chi connectivity index (χ3n) is 2.92. The van der Waals surface area contributed by atoms with Gasteiger partial charge in [-0.2, -0.15) is 0 Å². The van der Waals surface area contributed by atoms with Crippen molar-refractivity contribution in [3.63, 3.8) is 0 Å². The van der Waals surface area contributed by atoms with E-state index in [2.05, 4.69) is 0 Å². The van der Waals surface area contributed by atoms with Crippen LogP contribution in [0.2, 0.25) is 5.02 Å². The molecule has 0 saturated carbocycles. The number of aliphatic hydroxyl groups excluding tert-OH is 1. The molecule has 1 N–H and O–H groups in total. The van der Waals surface area contributed by atoms with E-state index in [9.17, 15) is 9.50 Å². The van der Waals surface area contributed by atoms with E-state index in [-0.39, 0.29) is 11.4 Å². The molecule has 19 heavy (non-hydrogen) atoms. The summed E-state index contributed by atoms with van der Waals surface area (Å²) < 4.78 is 18.8. The lowest BCUT2D eigenvalue weighted by Crippen LogP contribution is -2.04. The van der Waals surface area contributed by atoms with E-state index in [0.717, 1.165) is 0 Å². The zero-order chi connectivity index (χ0) is 13.8. The Labute approximate surface area is 116 Å². The van der Waals surface area contributed by atoms with Crippen LogP contribution in [-0.4, -0.2) is 12.2 Å². The summed E-state index contributed by atoms with van der Waals surface area (Å²) in [6.07, 6.45) is -0.636. The van der Waals surface area contributed by atoms with Crippen LogP contribution in [0, 0.1) is 5.82 Å². The molecule has 2 aromatic carbocycles. The molecule has 2 aromatic rings. The summed E-state index contributed by atoms with van der Waals surface area (Å²) in [5.74, 6) is 0.175. The van der Waals surface area contributed by atoms with E-state index < -0.39 is 11.9 Å². The predicted octanol–water partition coefficient (Wildman–Crippen LogP) is 3.76. The van der Waals surface area contributed by atoms with Crippen molar-refractivity contribution in [2.24, 2.45) is 0 Å². The molecule has 0 radical (unpaired) electrons. The molecule has 2 rings (SSSR count). The largest absolute Gasteiger partial charge is 0.497 e. The first-order valence-electron chi connectivity index (χ1n) is 5.86. The first-order valence-corrected chi connectivity index (χ1v) is 6.24. The Kier molecular flexibility index (Phi) is 4.40. The van der Waals surface area contributed by atoms with Gasteiger partial charge in [-0.1, -0.05) is 35.9 Å². The molecule has 2 nitrogen and oxygen atoms in total. The second kappa shape index (κ2) is 6.04. The quantitative estimate of drug-likeness (QED) is 0.924. The number of rotatable bonds is 4. The van der Waals surface area contributed by atoms with Crippen molar-refractivity contribution in [2.45, 2.75) is 12.5 Å². The first kappa shape index (κ1) is 13.8. The van der Waals surface area contributed by atoms with Crippen LogP contribution in [0.15, 0.2) is 42.5 Å². The van der Waals surface area contributed by atoms with Gasteiger partial charge in [0.1, 0.15) is 11.6 Å². The van der Waals surface area contributed by atoms with Gasteiger partial charge in [-0.25, -0.2) is 4.39 Å². The molecule has 100 valence electrons. The average Bonchev–Trinajstić information content (AvgIpc) is 2.44. The molecule has 0 bridgehead atoms. The molecule has 4 heteroatoms. The monoisotopic (exact) mass is 280 g/mol. The van der Waals surface area contributed by atoms with Crippen molar-refractivity contribution in [3.8, 4) is 5.75 Å². The number of benzene rings is 2. The van der Waals surface area contributed by atoms with Crippen LogP contribution >= 0.6 is 11.6 Å². The number of aliphatic hydroxyl groups is 1. The Balaban J connectivity index is 2.20. The number of hydrogen-bond acceptors (Lipinski definition) is 2. The highest BCUT2D eigenvalue weighted by molar-refractivity contribution is 6.30. The van der Waals surface area contributed by atoms with E-state index in [1.54, 1.807) is 43.5 Å². The summed E-state index contributed by atoms with van der Waals surface area (Å²) >= 11 is 5.71. The molecule has 0 aromatic heterocycles. The fourth-order valence-electron chi connectivity index (χ4n) is 1.88. The average molecular weight is 281 g/mol. The number of hydrogen-bond donors (Lipinski definition) is 1. The lowest BCUT2D eigenvalue weighted by molar-refractivity contribution is 0.176. The van der Waals surface area contributed by atoms with Crippen LogP contribution in [0.5, 0.6) is 5.75 Å². The maximum Gasteiger partial charge on any atom is 0.145 e. The highest BCUT2D eigenvalue weighted by atomic mass is 35.5. The van der Waals surface area contributed by atoms with Crippen LogP contribution in [0.4, 0.5) is 4.39 Å². The minimum atomic E-state index is -0.803. The molecular weight excluding hydrogens is 267 g/mol. The maximum absolute atomic E-state index is 13.8.